The van der Waals surface area contributed by atoms with Gasteiger partial charge in [0.05, 0.1) is 5.92 Å². The number of carboxylic acids is 1. The highest BCUT2D eigenvalue weighted by Crippen LogP contribution is 2.13. The Hall–Kier alpha value is -0.843. The van der Waals surface area contributed by atoms with Crippen LogP contribution in [0, 0.1) is 5.92 Å². The van der Waals surface area contributed by atoms with Crippen LogP contribution in [0.15, 0.2) is 0 Å². The lowest BCUT2D eigenvalue weighted by Crippen LogP contribution is -2.32. The lowest BCUT2D eigenvalue weighted by atomic mass is 10.0. The van der Waals surface area contributed by atoms with Crippen molar-refractivity contribution in [3.63, 3.8) is 0 Å². The monoisotopic (exact) mass is 232 g/mol. The second-order valence-electron chi connectivity index (χ2n) is 4.72. The summed E-state index contributed by atoms with van der Waals surface area (Å²) in [6, 6.07) is 0. The predicted molar refractivity (Wildman–Crippen MR) is 60.1 cm³/mol. The van der Waals surface area contributed by atoms with Crippen LogP contribution in [0.1, 0.15) is 26.2 Å². The molecule has 0 fully saturated rings. The van der Waals surface area contributed by atoms with Crippen molar-refractivity contribution in [2.75, 3.05) is 0 Å². The van der Waals surface area contributed by atoms with Crippen LogP contribution in [-0.2, 0) is 14.0 Å². The molecule has 0 amide bonds. The van der Waals surface area contributed by atoms with Gasteiger partial charge in [-0.05, 0) is 32.5 Å². The minimum absolute atomic E-state index is 0.116. The van der Waals surface area contributed by atoms with E-state index in [0.29, 0.717) is 12.8 Å². The van der Waals surface area contributed by atoms with Gasteiger partial charge in [0, 0.05) is 6.42 Å². The smallest absolute Gasteiger partial charge is 0.303 e. The average Bonchev–Trinajstić information content (AvgIpc) is 1.99. The Kier molecular flexibility index (Phi) is 5.57. The zero-order valence-corrected chi connectivity index (χ0v) is 10.9. The molecule has 4 nitrogen and oxygen atoms in total. The zero-order chi connectivity index (χ0) is 12.1. The van der Waals surface area contributed by atoms with E-state index in [0.717, 1.165) is 0 Å². The van der Waals surface area contributed by atoms with E-state index in [1.165, 1.54) is 0 Å². The largest absolute Gasteiger partial charge is 0.520 e. The molecule has 88 valence electrons. The van der Waals surface area contributed by atoms with Crippen LogP contribution in [0.4, 0.5) is 0 Å². The topological polar surface area (TPSA) is 63.6 Å². The molecule has 5 heteroatoms. The maximum Gasteiger partial charge on any atom is 0.303 e. The van der Waals surface area contributed by atoms with Crippen molar-refractivity contribution in [1.82, 2.24) is 0 Å². The van der Waals surface area contributed by atoms with Gasteiger partial charge in [-0.25, -0.2) is 0 Å². The fourth-order valence-corrected chi connectivity index (χ4v) is 1.88. The number of carboxylic acid groups (broad SMARTS) is 1. The average molecular weight is 232 g/mol. The maximum atomic E-state index is 11.5. The highest BCUT2D eigenvalue weighted by molar-refractivity contribution is 6.71. The first kappa shape index (κ1) is 14.2. The van der Waals surface area contributed by atoms with Crippen molar-refractivity contribution >= 4 is 20.3 Å². The van der Waals surface area contributed by atoms with Crippen LogP contribution in [0.25, 0.3) is 0 Å². The van der Waals surface area contributed by atoms with Gasteiger partial charge in [0.1, 0.15) is 0 Å². The van der Waals surface area contributed by atoms with Gasteiger partial charge in [0.15, 0.2) is 0 Å². The molecule has 0 radical (unpaired) electrons. The summed E-state index contributed by atoms with van der Waals surface area (Å²) in [4.78, 5) is 21.8. The third kappa shape index (κ3) is 8.17. The van der Waals surface area contributed by atoms with Crippen LogP contribution in [-0.4, -0.2) is 25.4 Å². The summed E-state index contributed by atoms with van der Waals surface area (Å²) in [6.07, 6.45) is 1.22. The second-order valence-corrected chi connectivity index (χ2v) is 9.15. The van der Waals surface area contributed by atoms with Crippen molar-refractivity contribution in [2.24, 2.45) is 5.92 Å². The van der Waals surface area contributed by atoms with Gasteiger partial charge in [-0.15, -0.1) is 0 Å². The number of carbonyl (C=O) groups is 2. The molecule has 0 aliphatic rings. The third-order valence-corrected chi connectivity index (χ3v) is 2.65. The highest BCUT2D eigenvalue weighted by atomic mass is 28.4. The molecule has 0 spiro atoms. The van der Waals surface area contributed by atoms with E-state index in [1.807, 2.05) is 19.6 Å². The minimum atomic E-state index is -1.81. The lowest BCUT2D eigenvalue weighted by Gasteiger charge is -2.20. The molecule has 0 aromatic rings. The molecule has 0 aromatic carbocycles. The zero-order valence-electron chi connectivity index (χ0n) is 9.87. The molecule has 0 heterocycles. The molecule has 0 aliphatic carbocycles. The van der Waals surface area contributed by atoms with Crippen molar-refractivity contribution in [3.05, 3.63) is 0 Å². The van der Waals surface area contributed by atoms with E-state index >= 15 is 0 Å². The molecule has 0 saturated heterocycles. The number of hydrogen-bond acceptors (Lipinski definition) is 3. The molecule has 0 aliphatic heterocycles. The molecular formula is C10H20O4Si. The minimum Gasteiger partial charge on any atom is -0.520 e. The van der Waals surface area contributed by atoms with Gasteiger partial charge in [-0.2, -0.15) is 0 Å². The van der Waals surface area contributed by atoms with Gasteiger partial charge in [-0.1, -0.05) is 6.92 Å². The Morgan fingerprint density at radius 2 is 1.87 bits per heavy atom. The Morgan fingerprint density at radius 1 is 1.33 bits per heavy atom. The molecule has 1 N–H and O–H groups in total. The van der Waals surface area contributed by atoms with Crippen LogP contribution in [0.3, 0.4) is 0 Å². The van der Waals surface area contributed by atoms with Crippen LogP contribution >= 0.6 is 0 Å². The summed E-state index contributed by atoms with van der Waals surface area (Å²) in [6.45, 7) is 7.64. The lowest BCUT2D eigenvalue weighted by molar-refractivity contribution is -0.141. The van der Waals surface area contributed by atoms with E-state index in [-0.39, 0.29) is 18.3 Å². The van der Waals surface area contributed by atoms with Gasteiger partial charge in [0.25, 0.3) is 5.97 Å². The SMILES string of the molecule is CC(CCCC(=O)O)C(=O)O[Si](C)(C)C. The fourth-order valence-electron chi connectivity index (χ4n) is 1.08. The molecule has 0 aromatic heterocycles. The quantitative estimate of drug-likeness (QED) is 0.713. The molecule has 0 bridgehead atoms. The summed E-state index contributed by atoms with van der Waals surface area (Å²) < 4.78 is 5.31. The molecule has 0 saturated carbocycles. The molecule has 15 heavy (non-hydrogen) atoms. The first-order valence-corrected chi connectivity index (χ1v) is 8.58. The maximum absolute atomic E-state index is 11.5. The normalized spacial score (nSPS) is 13.3. The van der Waals surface area contributed by atoms with Crippen LogP contribution in [0.2, 0.25) is 19.6 Å². The number of carbonyl (C=O) groups excluding carboxylic acids is 1. The summed E-state index contributed by atoms with van der Waals surface area (Å²) in [5.74, 6) is -1.21. The Labute approximate surface area is 91.8 Å². The molecule has 1 unspecified atom stereocenters. The van der Waals surface area contributed by atoms with Gasteiger partial charge >= 0.3 is 5.97 Å². The fraction of sp³-hybridized carbons (Fsp3) is 0.800. The Morgan fingerprint density at radius 3 is 2.27 bits per heavy atom. The van der Waals surface area contributed by atoms with Crippen molar-refractivity contribution in [3.8, 4) is 0 Å². The second kappa shape index (κ2) is 5.90. The highest BCUT2D eigenvalue weighted by Gasteiger charge is 2.23. The van der Waals surface area contributed by atoms with Crippen molar-refractivity contribution in [1.29, 1.82) is 0 Å². The summed E-state index contributed by atoms with van der Waals surface area (Å²) in [5.41, 5.74) is 0. The summed E-state index contributed by atoms with van der Waals surface area (Å²) >= 11 is 0. The van der Waals surface area contributed by atoms with Crippen LogP contribution < -0.4 is 0 Å². The van der Waals surface area contributed by atoms with Crippen molar-refractivity contribution in [2.45, 2.75) is 45.8 Å². The van der Waals surface area contributed by atoms with Gasteiger partial charge in [0.2, 0.25) is 8.32 Å². The summed E-state index contributed by atoms with van der Waals surface area (Å²) in [5, 5.41) is 8.44. The van der Waals surface area contributed by atoms with Crippen molar-refractivity contribution < 1.29 is 19.1 Å². The van der Waals surface area contributed by atoms with Gasteiger partial charge < -0.3 is 9.53 Å². The third-order valence-electron chi connectivity index (χ3n) is 1.84. The molecular weight excluding hydrogens is 212 g/mol. The van der Waals surface area contributed by atoms with E-state index in [9.17, 15) is 9.59 Å². The number of hydrogen-bond donors (Lipinski definition) is 1. The summed E-state index contributed by atoms with van der Waals surface area (Å²) in [7, 11) is -1.81. The Bertz CT molecular complexity index is 232. The first-order chi connectivity index (χ1) is 6.72. The van der Waals surface area contributed by atoms with E-state index in [2.05, 4.69) is 0 Å². The Balaban J connectivity index is 3.85. The molecule has 1 atom stereocenters. The van der Waals surface area contributed by atoms with E-state index < -0.39 is 14.3 Å². The first-order valence-electron chi connectivity index (χ1n) is 5.17. The van der Waals surface area contributed by atoms with E-state index in [4.69, 9.17) is 9.53 Å². The predicted octanol–water partition coefficient (Wildman–Crippen LogP) is 2.26. The standard InChI is InChI=1S/C10H20O4Si/c1-8(6-5-7-9(11)12)10(13)14-15(2,3)4/h8H,5-7H2,1-4H3,(H,11,12). The van der Waals surface area contributed by atoms with Crippen LogP contribution in [0.5, 0.6) is 0 Å². The number of rotatable bonds is 6. The van der Waals surface area contributed by atoms with Gasteiger partial charge in [-0.3, -0.25) is 9.59 Å². The molecule has 0 rings (SSSR count). The van der Waals surface area contributed by atoms with E-state index in [1.54, 1.807) is 6.92 Å². The number of aliphatic carboxylic acids is 1.